The smallest absolute Gasteiger partial charge is 0.162 e. The van der Waals surface area contributed by atoms with E-state index >= 15 is 0 Å². The summed E-state index contributed by atoms with van der Waals surface area (Å²) in [5, 5.41) is 4.10. The van der Waals surface area contributed by atoms with Gasteiger partial charge < -0.3 is 10.1 Å². The van der Waals surface area contributed by atoms with E-state index in [1.807, 2.05) is 48.6 Å². The van der Waals surface area contributed by atoms with Gasteiger partial charge in [0.1, 0.15) is 17.4 Å². The first-order valence-corrected chi connectivity index (χ1v) is 9.23. The highest BCUT2D eigenvalue weighted by molar-refractivity contribution is 5.93. The molecule has 2 heterocycles. The second-order valence-corrected chi connectivity index (χ2v) is 6.77. The van der Waals surface area contributed by atoms with Crippen LogP contribution in [0.3, 0.4) is 0 Å². The third-order valence-corrected chi connectivity index (χ3v) is 4.95. The molecule has 5 nitrogen and oxygen atoms in total. The predicted octanol–water partition coefficient (Wildman–Crippen LogP) is 5.15. The molecule has 0 fully saturated rings. The van der Waals surface area contributed by atoms with Crippen molar-refractivity contribution >= 4 is 28.5 Å². The highest BCUT2D eigenvalue weighted by Gasteiger charge is 2.15. The van der Waals surface area contributed by atoms with E-state index in [9.17, 15) is 4.39 Å². The summed E-state index contributed by atoms with van der Waals surface area (Å²) < 4.78 is 19.8. The Morgan fingerprint density at radius 3 is 2.72 bits per heavy atom. The number of rotatable bonds is 4. The fourth-order valence-electron chi connectivity index (χ4n) is 3.50. The van der Waals surface area contributed by atoms with E-state index in [4.69, 9.17) is 9.72 Å². The van der Waals surface area contributed by atoms with Gasteiger partial charge in [-0.1, -0.05) is 12.2 Å². The molecule has 0 aliphatic heterocycles. The molecule has 0 saturated heterocycles. The van der Waals surface area contributed by atoms with E-state index in [-0.39, 0.29) is 5.82 Å². The largest absolute Gasteiger partial charge is 0.497 e. The van der Waals surface area contributed by atoms with Crippen LogP contribution in [0.1, 0.15) is 11.1 Å². The minimum absolute atomic E-state index is 0.218. The topological polar surface area (TPSA) is 59.9 Å². The number of halogens is 1. The first kappa shape index (κ1) is 17.3. The normalized spacial score (nSPS) is 12.2. The lowest BCUT2D eigenvalue weighted by atomic mass is 10.1. The second kappa shape index (κ2) is 6.98. The number of pyridine rings is 1. The van der Waals surface area contributed by atoms with Crippen LogP contribution in [0, 0.1) is 5.82 Å². The molecule has 0 bridgehead atoms. The van der Waals surface area contributed by atoms with Crippen LogP contribution in [0.5, 0.6) is 5.75 Å². The maximum absolute atomic E-state index is 14.5. The van der Waals surface area contributed by atoms with Crippen molar-refractivity contribution in [2.75, 3.05) is 12.4 Å². The summed E-state index contributed by atoms with van der Waals surface area (Å²) in [5.41, 5.74) is 3.84. The first-order chi connectivity index (χ1) is 14.2. The summed E-state index contributed by atoms with van der Waals surface area (Å²) in [6, 6.07) is 12.8. The number of ether oxygens (including phenoxy) is 1. The van der Waals surface area contributed by atoms with Crippen molar-refractivity contribution in [3.05, 3.63) is 77.9 Å². The van der Waals surface area contributed by atoms with Crippen LogP contribution in [-0.4, -0.2) is 22.1 Å². The Balaban J connectivity index is 1.66. The molecule has 0 spiro atoms. The molecule has 5 rings (SSSR count). The van der Waals surface area contributed by atoms with Crippen LogP contribution in [0.4, 0.5) is 15.9 Å². The molecule has 2 aromatic carbocycles. The third kappa shape index (κ3) is 3.18. The molecule has 0 radical (unpaired) electrons. The average Bonchev–Trinajstić information content (AvgIpc) is 3.23. The number of benzene rings is 2. The number of anilines is 2. The highest BCUT2D eigenvalue weighted by Crippen LogP contribution is 2.32. The van der Waals surface area contributed by atoms with Crippen molar-refractivity contribution in [2.24, 2.45) is 0 Å². The Labute approximate surface area is 166 Å². The molecular formula is C23H17FN4O. The Bertz CT molecular complexity index is 1250. The summed E-state index contributed by atoms with van der Waals surface area (Å²) in [5.74, 6) is 1.64. The molecule has 0 unspecified atom stereocenters. The van der Waals surface area contributed by atoms with Crippen molar-refractivity contribution in [1.29, 1.82) is 0 Å². The molecule has 4 aromatic rings. The molecule has 0 saturated carbocycles. The van der Waals surface area contributed by atoms with Crippen molar-refractivity contribution in [1.82, 2.24) is 15.0 Å². The molecule has 2 aromatic heterocycles. The summed E-state index contributed by atoms with van der Waals surface area (Å²) >= 11 is 0. The predicted molar refractivity (Wildman–Crippen MR) is 112 cm³/mol. The van der Waals surface area contributed by atoms with Gasteiger partial charge in [-0.2, -0.15) is 0 Å². The maximum atomic E-state index is 14.5. The first-order valence-electron chi connectivity index (χ1n) is 9.23. The third-order valence-electron chi connectivity index (χ3n) is 4.95. The van der Waals surface area contributed by atoms with E-state index in [1.54, 1.807) is 19.5 Å². The standard InChI is InChI=1S/C23H17FN4O/c1-29-17-5-6-19-21(13-17)27-22(14-7-9-25-10-8-14)28-23(19)26-16-11-15-3-2-4-18(15)20(24)12-16/h2-3,5-13H,4H2,1H3,(H,26,27,28). The Morgan fingerprint density at radius 2 is 1.90 bits per heavy atom. The van der Waals surface area contributed by atoms with Gasteiger partial charge in [0.25, 0.3) is 0 Å². The zero-order valence-corrected chi connectivity index (χ0v) is 15.7. The van der Waals surface area contributed by atoms with Gasteiger partial charge in [-0.15, -0.1) is 0 Å². The minimum atomic E-state index is -0.218. The fourth-order valence-corrected chi connectivity index (χ4v) is 3.50. The van der Waals surface area contributed by atoms with E-state index in [0.29, 0.717) is 29.5 Å². The Hall–Kier alpha value is -3.80. The number of nitrogens with zero attached hydrogens (tertiary/aromatic N) is 3. The molecule has 0 atom stereocenters. The van der Waals surface area contributed by atoms with E-state index in [2.05, 4.69) is 15.3 Å². The number of hydrogen-bond acceptors (Lipinski definition) is 5. The van der Waals surface area contributed by atoms with Crippen LogP contribution in [-0.2, 0) is 6.42 Å². The fraction of sp³-hybridized carbons (Fsp3) is 0.0870. The lowest BCUT2D eigenvalue weighted by Crippen LogP contribution is -2.01. The van der Waals surface area contributed by atoms with Gasteiger partial charge in [0.2, 0.25) is 0 Å². The van der Waals surface area contributed by atoms with Gasteiger partial charge >= 0.3 is 0 Å². The number of hydrogen-bond donors (Lipinski definition) is 1. The average molecular weight is 384 g/mol. The summed E-state index contributed by atoms with van der Waals surface area (Å²) in [6.45, 7) is 0. The highest BCUT2D eigenvalue weighted by atomic mass is 19.1. The molecular weight excluding hydrogens is 367 g/mol. The van der Waals surface area contributed by atoms with Crippen LogP contribution < -0.4 is 10.1 Å². The Morgan fingerprint density at radius 1 is 1.03 bits per heavy atom. The van der Waals surface area contributed by atoms with Crippen LogP contribution in [0.25, 0.3) is 28.4 Å². The zero-order chi connectivity index (χ0) is 19.8. The summed E-state index contributed by atoms with van der Waals surface area (Å²) in [4.78, 5) is 13.5. The van der Waals surface area contributed by atoms with Gasteiger partial charge in [-0.3, -0.25) is 4.98 Å². The molecule has 1 aliphatic rings. The number of methoxy groups -OCH3 is 1. The lowest BCUT2D eigenvalue weighted by molar-refractivity contribution is 0.415. The van der Waals surface area contributed by atoms with Crippen LogP contribution in [0.15, 0.2) is 60.9 Å². The van der Waals surface area contributed by atoms with Gasteiger partial charge in [-0.05, 0) is 53.9 Å². The van der Waals surface area contributed by atoms with Crippen molar-refractivity contribution in [3.63, 3.8) is 0 Å². The number of fused-ring (bicyclic) bond motifs is 2. The molecule has 1 aliphatic carbocycles. The van der Waals surface area contributed by atoms with E-state index in [0.717, 1.165) is 27.6 Å². The van der Waals surface area contributed by atoms with Gasteiger partial charge in [0.15, 0.2) is 5.82 Å². The molecule has 0 amide bonds. The van der Waals surface area contributed by atoms with Gasteiger partial charge in [0.05, 0.1) is 12.6 Å². The number of allylic oxidation sites excluding steroid dienone is 1. The second-order valence-electron chi connectivity index (χ2n) is 6.77. The van der Waals surface area contributed by atoms with Gasteiger partial charge in [-0.25, -0.2) is 14.4 Å². The maximum Gasteiger partial charge on any atom is 0.162 e. The quantitative estimate of drug-likeness (QED) is 0.527. The lowest BCUT2D eigenvalue weighted by Gasteiger charge is -2.13. The number of aromatic nitrogens is 3. The van der Waals surface area contributed by atoms with Crippen molar-refractivity contribution < 1.29 is 9.13 Å². The molecule has 142 valence electrons. The van der Waals surface area contributed by atoms with E-state index in [1.165, 1.54) is 6.07 Å². The minimum Gasteiger partial charge on any atom is -0.497 e. The summed E-state index contributed by atoms with van der Waals surface area (Å²) in [7, 11) is 1.62. The van der Waals surface area contributed by atoms with Crippen molar-refractivity contribution in [2.45, 2.75) is 6.42 Å². The monoisotopic (exact) mass is 384 g/mol. The van der Waals surface area contributed by atoms with E-state index < -0.39 is 0 Å². The zero-order valence-electron chi connectivity index (χ0n) is 15.7. The number of nitrogens with one attached hydrogen (secondary N) is 1. The van der Waals surface area contributed by atoms with Gasteiger partial charge in [0, 0.05) is 35.1 Å². The molecule has 6 heteroatoms. The Kier molecular flexibility index (Phi) is 4.17. The molecule has 1 N–H and O–H groups in total. The van der Waals surface area contributed by atoms with Crippen LogP contribution >= 0.6 is 0 Å². The van der Waals surface area contributed by atoms with Crippen molar-refractivity contribution in [3.8, 4) is 17.1 Å². The summed E-state index contributed by atoms with van der Waals surface area (Å²) in [6.07, 6.45) is 7.93. The molecule has 29 heavy (non-hydrogen) atoms. The van der Waals surface area contributed by atoms with Crippen LogP contribution in [0.2, 0.25) is 0 Å². The SMILES string of the molecule is COc1ccc2c(Nc3cc(F)c4c(c3)C=CC4)nc(-c3ccncc3)nc2c1.